The van der Waals surface area contributed by atoms with Crippen molar-refractivity contribution in [1.29, 1.82) is 0 Å². The first-order valence-electron chi connectivity index (χ1n) is 8.77. The molecule has 2 saturated heterocycles. The summed E-state index contributed by atoms with van der Waals surface area (Å²) >= 11 is 6.21. The van der Waals surface area contributed by atoms with Crippen LogP contribution in [-0.2, 0) is 19.1 Å². The normalized spacial score (nSPS) is 23.5. The Morgan fingerprint density at radius 1 is 1.31 bits per heavy atom. The first-order chi connectivity index (χ1) is 12.6. The molecule has 0 aromatic heterocycles. The largest absolute Gasteiger partial charge is 0.356 e. The Balaban J connectivity index is 1.61. The number of carbonyl (C=O) groups is 3. The van der Waals surface area contributed by atoms with Crippen LogP contribution in [0.4, 0.5) is 0 Å². The average Bonchev–Trinajstić information content (AvgIpc) is 2.63. The van der Waals surface area contributed by atoms with Crippen molar-refractivity contribution >= 4 is 29.3 Å². The van der Waals surface area contributed by atoms with Crippen LogP contribution in [0.1, 0.15) is 30.9 Å². The molecule has 3 amide bonds. The maximum absolute atomic E-state index is 12.6. The lowest BCUT2D eigenvalue weighted by Gasteiger charge is -2.32. The minimum absolute atomic E-state index is 0.126. The Morgan fingerprint density at radius 3 is 2.88 bits per heavy atom. The minimum Gasteiger partial charge on any atom is -0.356 e. The molecule has 7 nitrogen and oxygen atoms in total. The summed E-state index contributed by atoms with van der Waals surface area (Å²) in [5.74, 6) is -0.502. The van der Waals surface area contributed by atoms with Gasteiger partial charge in [-0.25, -0.2) is 0 Å². The van der Waals surface area contributed by atoms with Gasteiger partial charge in [-0.3, -0.25) is 14.4 Å². The molecule has 2 aliphatic heterocycles. The third-order valence-corrected chi connectivity index (χ3v) is 4.96. The smallest absolute Gasteiger partial charge is 0.251 e. The number of hydrogen-bond donors (Lipinski definition) is 2. The van der Waals surface area contributed by atoms with Gasteiger partial charge in [-0.2, -0.15) is 0 Å². The number of rotatable bonds is 5. The molecule has 2 heterocycles. The molecule has 0 unspecified atom stereocenters. The lowest BCUT2D eigenvalue weighted by Crippen LogP contribution is -2.53. The van der Waals surface area contributed by atoms with Crippen LogP contribution in [0.3, 0.4) is 0 Å². The summed E-state index contributed by atoms with van der Waals surface area (Å²) in [5, 5.41) is 6.04. The van der Waals surface area contributed by atoms with E-state index in [1.165, 1.54) is 0 Å². The second-order valence-electron chi connectivity index (χ2n) is 6.43. The molecular formula is C18H22ClN3O4. The van der Waals surface area contributed by atoms with Crippen molar-refractivity contribution < 1.29 is 19.1 Å². The molecule has 2 fully saturated rings. The molecule has 0 spiro atoms. The third kappa shape index (κ3) is 4.34. The van der Waals surface area contributed by atoms with Crippen molar-refractivity contribution in [3.8, 4) is 0 Å². The quantitative estimate of drug-likeness (QED) is 0.799. The molecule has 2 N–H and O–H groups in total. The number of piperidine rings is 1. The van der Waals surface area contributed by atoms with Gasteiger partial charge in [0.15, 0.2) is 6.10 Å². The standard InChI is InChI=1S/C18H22ClN3O4/c19-13-6-2-1-5-12(13)16-17(26-11-14(23)21-16)18(25)20-8-10-22-9-4-3-7-15(22)24/h1-2,5-6,16-17H,3-4,7-11H2,(H,20,25)(H,21,23)/t16-,17+/m1/s1. The average molecular weight is 380 g/mol. The van der Waals surface area contributed by atoms with Gasteiger partial charge in [-0.1, -0.05) is 29.8 Å². The number of nitrogens with one attached hydrogen (secondary N) is 2. The van der Waals surface area contributed by atoms with Gasteiger partial charge in [0, 0.05) is 31.1 Å². The third-order valence-electron chi connectivity index (χ3n) is 4.61. The molecule has 140 valence electrons. The molecule has 2 aliphatic rings. The van der Waals surface area contributed by atoms with E-state index in [2.05, 4.69) is 10.6 Å². The fraction of sp³-hybridized carbons (Fsp3) is 0.500. The van der Waals surface area contributed by atoms with E-state index in [4.69, 9.17) is 16.3 Å². The highest BCUT2D eigenvalue weighted by Crippen LogP contribution is 2.28. The first-order valence-corrected chi connectivity index (χ1v) is 9.15. The van der Waals surface area contributed by atoms with Crippen LogP contribution >= 0.6 is 11.6 Å². The van der Waals surface area contributed by atoms with E-state index >= 15 is 0 Å². The summed E-state index contributed by atoms with van der Waals surface area (Å²) in [5.41, 5.74) is 0.633. The van der Waals surface area contributed by atoms with Gasteiger partial charge in [0.1, 0.15) is 6.61 Å². The number of carbonyl (C=O) groups excluding carboxylic acids is 3. The molecule has 0 saturated carbocycles. The number of morpholine rings is 1. The number of hydrogen-bond acceptors (Lipinski definition) is 4. The zero-order valence-corrected chi connectivity index (χ0v) is 15.1. The topological polar surface area (TPSA) is 87.7 Å². The fourth-order valence-electron chi connectivity index (χ4n) is 3.26. The van der Waals surface area contributed by atoms with Crippen LogP contribution < -0.4 is 10.6 Å². The summed E-state index contributed by atoms with van der Waals surface area (Å²) in [7, 11) is 0. The summed E-state index contributed by atoms with van der Waals surface area (Å²) in [4.78, 5) is 37.9. The van der Waals surface area contributed by atoms with Crippen molar-refractivity contribution in [3.05, 3.63) is 34.9 Å². The number of nitrogens with zero attached hydrogens (tertiary/aromatic N) is 1. The van der Waals surface area contributed by atoms with E-state index in [1.807, 2.05) is 0 Å². The zero-order valence-electron chi connectivity index (χ0n) is 14.4. The second-order valence-corrected chi connectivity index (χ2v) is 6.83. The summed E-state index contributed by atoms with van der Waals surface area (Å²) in [6.45, 7) is 1.37. The Kier molecular flexibility index (Phi) is 6.11. The van der Waals surface area contributed by atoms with Crippen molar-refractivity contribution in [3.63, 3.8) is 0 Å². The summed E-state index contributed by atoms with van der Waals surface area (Å²) in [6, 6.07) is 6.38. The van der Waals surface area contributed by atoms with Gasteiger partial charge in [-0.05, 0) is 24.5 Å². The number of ether oxygens (including phenoxy) is 1. The molecule has 0 aliphatic carbocycles. The Bertz CT molecular complexity index is 697. The first kappa shape index (κ1) is 18.7. The van der Waals surface area contributed by atoms with E-state index in [-0.39, 0.29) is 24.3 Å². The summed E-state index contributed by atoms with van der Waals surface area (Å²) < 4.78 is 5.47. The van der Waals surface area contributed by atoms with Gasteiger partial charge in [0.2, 0.25) is 11.8 Å². The molecule has 1 aromatic carbocycles. The van der Waals surface area contributed by atoms with Crippen LogP contribution in [0.5, 0.6) is 0 Å². The molecule has 26 heavy (non-hydrogen) atoms. The van der Waals surface area contributed by atoms with Crippen molar-refractivity contribution in [2.75, 3.05) is 26.2 Å². The van der Waals surface area contributed by atoms with Crippen LogP contribution in [-0.4, -0.2) is 55.0 Å². The number of benzene rings is 1. The highest BCUT2D eigenvalue weighted by Gasteiger charge is 2.37. The highest BCUT2D eigenvalue weighted by molar-refractivity contribution is 6.31. The second kappa shape index (κ2) is 8.51. The molecule has 2 atom stereocenters. The Labute approximate surface area is 157 Å². The Morgan fingerprint density at radius 2 is 2.12 bits per heavy atom. The molecule has 3 rings (SSSR count). The zero-order chi connectivity index (χ0) is 18.5. The van der Waals surface area contributed by atoms with Crippen molar-refractivity contribution in [1.82, 2.24) is 15.5 Å². The van der Waals surface area contributed by atoms with Crippen LogP contribution in [0.2, 0.25) is 5.02 Å². The molecular weight excluding hydrogens is 358 g/mol. The number of likely N-dealkylation sites (tertiary alicyclic amines) is 1. The van der Waals surface area contributed by atoms with E-state index in [1.54, 1.807) is 29.2 Å². The van der Waals surface area contributed by atoms with Gasteiger partial charge >= 0.3 is 0 Å². The van der Waals surface area contributed by atoms with E-state index < -0.39 is 12.1 Å². The maximum Gasteiger partial charge on any atom is 0.251 e. The number of halogens is 1. The van der Waals surface area contributed by atoms with Crippen molar-refractivity contribution in [2.24, 2.45) is 0 Å². The molecule has 0 bridgehead atoms. The fourth-order valence-corrected chi connectivity index (χ4v) is 3.51. The lowest BCUT2D eigenvalue weighted by molar-refractivity contribution is -0.148. The molecule has 0 radical (unpaired) electrons. The van der Waals surface area contributed by atoms with Crippen LogP contribution in [0.15, 0.2) is 24.3 Å². The maximum atomic E-state index is 12.6. The Hall–Kier alpha value is -2.12. The molecule has 1 aromatic rings. The van der Waals surface area contributed by atoms with Crippen LogP contribution in [0.25, 0.3) is 0 Å². The van der Waals surface area contributed by atoms with Crippen LogP contribution in [0, 0.1) is 0 Å². The molecule has 8 heteroatoms. The number of amides is 3. The minimum atomic E-state index is -0.871. The van der Waals surface area contributed by atoms with Gasteiger partial charge in [0.25, 0.3) is 5.91 Å². The lowest BCUT2D eigenvalue weighted by atomic mass is 9.99. The van der Waals surface area contributed by atoms with Gasteiger partial charge in [0.05, 0.1) is 6.04 Å². The predicted molar refractivity (Wildman–Crippen MR) is 95.5 cm³/mol. The monoisotopic (exact) mass is 379 g/mol. The van der Waals surface area contributed by atoms with Gasteiger partial charge < -0.3 is 20.3 Å². The van der Waals surface area contributed by atoms with E-state index in [0.29, 0.717) is 30.1 Å². The SMILES string of the molecule is O=C1CO[C@H](C(=O)NCCN2CCCCC2=O)[C@@H](c2ccccc2Cl)N1. The van der Waals surface area contributed by atoms with E-state index in [9.17, 15) is 14.4 Å². The van der Waals surface area contributed by atoms with E-state index in [0.717, 1.165) is 19.4 Å². The predicted octanol–water partition coefficient (Wildman–Crippen LogP) is 1.02. The summed E-state index contributed by atoms with van der Waals surface area (Å²) in [6.07, 6.45) is 1.62. The van der Waals surface area contributed by atoms with Crippen molar-refractivity contribution in [2.45, 2.75) is 31.4 Å². The van der Waals surface area contributed by atoms with Gasteiger partial charge in [-0.15, -0.1) is 0 Å². The highest BCUT2D eigenvalue weighted by atomic mass is 35.5.